The Morgan fingerprint density at radius 1 is 1.31 bits per heavy atom. The molecule has 0 aromatic heterocycles. The molecule has 0 saturated carbocycles. The molecule has 3 N–H and O–H groups in total. The Bertz CT molecular complexity index is 429. The van der Waals surface area contributed by atoms with Crippen LogP contribution in [0.1, 0.15) is 17.9 Å². The number of carboxylic acid groups (broad SMARTS) is 2. The topological polar surface area (TPSA) is 94.8 Å². The van der Waals surface area contributed by atoms with E-state index in [9.17, 15) is 14.7 Å². The van der Waals surface area contributed by atoms with Crippen molar-refractivity contribution >= 4 is 23.5 Å². The van der Waals surface area contributed by atoms with Crippen LogP contribution in [-0.2, 0) is 9.59 Å². The van der Waals surface area contributed by atoms with Gasteiger partial charge in [0.2, 0.25) is 0 Å². The highest BCUT2D eigenvalue weighted by Gasteiger charge is 2.25. The summed E-state index contributed by atoms with van der Waals surface area (Å²) >= 11 is 5.58. The third-order valence-electron chi connectivity index (χ3n) is 2.04. The van der Waals surface area contributed by atoms with Gasteiger partial charge in [-0.25, -0.2) is 0 Å². The van der Waals surface area contributed by atoms with E-state index in [1.807, 2.05) is 0 Å². The highest BCUT2D eigenvalue weighted by atomic mass is 35.5. The monoisotopic (exact) mass is 244 g/mol. The summed E-state index contributed by atoms with van der Waals surface area (Å²) in [4.78, 5) is 21.4. The van der Waals surface area contributed by atoms with Crippen molar-refractivity contribution < 1.29 is 24.9 Å². The van der Waals surface area contributed by atoms with Crippen LogP contribution in [0.15, 0.2) is 18.2 Å². The molecule has 1 unspecified atom stereocenters. The van der Waals surface area contributed by atoms with Crippen molar-refractivity contribution in [3.05, 3.63) is 28.8 Å². The van der Waals surface area contributed by atoms with Crippen LogP contribution in [0.5, 0.6) is 5.75 Å². The highest BCUT2D eigenvalue weighted by molar-refractivity contribution is 6.30. The summed E-state index contributed by atoms with van der Waals surface area (Å²) < 4.78 is 0. The Labute approximate surface area is 95.9 Å². The van der Waals surface area contributed by atoms with Gasteiger partial charge in [0.05, 0.1) is 12.3 Å². The lowest BCUT2D eigenvalue weighted by Crippen LogP contribution is -2.16. The Hall–Kier alpha value is -1.75. The molecule has 0 aliphatic carbocycles. The van der Waals surface area contributed by atoms with Gasteiger partial charge < -0.3 is 15.3 Å². The van der Waals surface area contributed by atoms with E-state index in [0.29, 0.717) is 0 Å². The summed E-state index contributed by atoms with van der Waals surface area (Å²) in [5.41, 5.74) is 0.0410. The molecule has 0 fully saturated rings. The zero-order valence-electron chi connectivity index (χ0n) is 8.05. The minimum absolute atomic E-state index is 0.0410. The Morgan fingerprint density at radius 3 is 2.38 bits per heavy atom. The van der Waals surface area contributed by atoms with E-state index in [-0.39, 0.29) is 16.3 Å². The lowest BCUT2D eigenvalue weighted by Gasteiger charge is -2.12. The number of carboxylic acids is 2. The van der Waals surface area contributed by atoms with Crippen LogP contribution in [0.25, 0.3) is 0 Å². The van der Waals surface area contributed by atoms with Gasteiger partial charge >= 0.3 is 11.9 Å². The van der Waals surface area contributed by atoms with Crippen molar-refractivity contribution in [2.75, 3.05) is 0 Å². The van der Waals surface area contributed by atoms with Gasteiger partial charge in [0.15, 0.2) is 0 Å². The van der Waals surface area contributed by atoms with Crippen molar-refractivity contribution in [2.24, 2.45) is 0 Å². The molecular weight excluding hydrogens is 236 g/mol. The molecule has 1 aromatic rings. The second-order valence-electron chi connectivity index (χ2n) is 3.19. The minimum Gasteiger partial charge on any atom is -0.508 e. The fourth-order valence-corrected chi connectivity index (χ4v) is 1.48. The SMILES string of the molecule is O=C(O)CC(C(=O)O)c1ccc(Cl)cc1O. The summed E-state index contributed by atoms with van der Waals surface area (Å²) in [7, 11) is 0. The van der Waals surface area contributed by atoms with Gasteiger partial charge in [-0.2, -0.15) is 0 Å². The maximum Gasteiger partial charge on any atom is 0.311 e. The van der Waals surface area contributed by atoms with Crippen LogP contribution in [-0.4, -0.2) is 27.3 Å². The molecule has 1 rings (SSSR count). The van der Waals surface area contributed by atoms with Crippen LogP contribution in [0.3, 0.4) is 0 Å². The van der Waals surface area contributed by atoms with Gasteiger partial charge in [0, 0.05) is 10.6 Å². The lowest BCUT2D eigenvalue weighted by atomic mass is 9.95. The average Bonchev–Trinajstić information content (AvgIpc) is 2.14. The van der Waals surface area contributed by atoms with Gasteiger partial charge in [-0.3, -0.25) is 9.59 Å². The Kier molecular flexibility index (Phi) is 3.73. The number of hydrogen-bond donors (Lipinski definition) is 3. The van der Waals surface area contributed by atoms with Gasteiger partial charge in [-0.05, 0) is 12.1 Å². The number of aliphatic carboxylic acids is 2. The number of aromatic hydroxyl groups is 1. The average molecular weight is 245 g/mol. The van der Waals surface area contributed by atoms with Crippen molar-refractivity contribution in [1.82, 2.24) is 0 Å². The molecule has 86 valence electrons. The van der Waals surface area contributed by atoms with E-state index in [4.69, 9.17) is 21.8 Å². The molecule has 1 aromatic carbocycles. The minimum atomic E-state index is -1.31. The molecule has 0 heterocycles. The zero-order chi connectivity index (χ0) is 12.3. The van der Waals surface area contributed by atoms with Crippen LogP contribution in [0.4, 0.5) is 0 Å². The molecule has 0 saturated heterocycles. The van der Waals surface area contributed by atoms with E-state index >= 15 is 0 Å². The first-order valence-electron chi connectivity index (χ1n) is 4.35. The molecule has 0 spiro atoms. The maximum atomic E-state index is 10.9. The first kappa shape index (κ1) is 12.3. The molecule has 1 atom stereocenters. The van der Waals surface area contributed by atoms with Crippen molar-refractivity contribution in [3.8, 4) is 5.75 Å². The first-order valence-corrected chi connectivity index (χ1v) is 4.72. The lowest BCUT2D eigenvalue weighted by molar-refractivity contribution is -0.145. The first-order chi connectivity index (χ1) is 7.41. The number of phenols is 1. The molecule has 0 aliphatic heterocycles. The van der Waals surface area contributed by atoms with Gasteiger partial charge in [0.25, 0.3) is 0 Å². The predicted octanol–water partition coefficient (Wildman–Crippen LogP) is 1.69. The van der Waals surface area contributed by atoms with Crippen molar-refractivity contribution in [1.29, 1.82) is 0 Å². The summed E-state index contributed by atoms with van der Waals surface area (Å²) in [6.07, 6.45) is -0.593. The molecule has 0 amide bonds. The summed E-state index contributed by atoms with van der Waals surface area (Å²) in [6.45, 7) is 0. The molecule has 16 heavy (non-hydrogen) atoms. The van der Waals surface area contributed by atoms with E-state index in [2.05, 4.69) is 0 Å². The summed E-state index contributed by atoms with van der Waals surface area (Å²) in [6, 6.07) is 3.88. The third kappa shape index (κ3) is 2.87. The van der Waals surface area contributed by atoms with Crippen LogP contribution >= 0.6 is 11.6 Å². The number of rotatable bonds is 4. The molecule has 0 radical (unpaired) electrons. The normalized spacial score (nSPS) is 12.1. The molecule has 0 aliphatic rings. The molecule has 0 bridgehead atoms. The van der Waals surface area contributed by atoms with Crippen molar-refractivity contribution in [2.45, 2.75) is 12.3 Å². The van der Waals surface area contributed by atoms with E-state index in [0.717, 1.165) is 0 Å². The van der Waals surface area contributed by atoms with Crippen LogP contribution in [0.2, 0.25) is 5.02 Å². The quantitative estimate of drug-likeness (QED) is 0.749. The summed E-state index contributed by atoms with van der Waals surface area (Å²) in [5.74, 6) is -4.15. The summed E-state index contributed by atoms with van der Waals surface area (Å²) in [5, 5.41) is 27.2. The van der Waals surface area contributed by atoms with Crippen LogP contribution < -0.4 is 0 Å². The number of benzene rings is 1. The van der Waals surface area contributed by atoms with Gasteiger partial charge in [-0.1, -0.05) is 17.7 Å². The highest BCUT2D eigenvalue weighted by Crippen LogP contribution is 2.30. The second kappa shape index (κ2) is 4.85. The molecule has 5 nitrogen and oxygen atoms in total. The maximum absolute atomic E-state index is 10.9. The van der Waals surface area contributed by atoms with E-state index in [1.54, 1.807) is 0 Å². The van der Waals surface area contributed by atoms with Gasteiger partial charge in [0.1, 0.15) is 5.75 Å². The second-order valence-corrected chi connectivity index (χ2v) is 3.63. The number of phenolic OH excluding ortho intramolecular Hbond substituents is 1. The van der Waals surface area contributed by atoms with Crippen molar-refractivity contribution in [3.63, 3.8) is 0 Å². The Morgan fingerprint density at radius 2 is 1.94 bits per heavy atom. The fourth-order valence-electron chi connectivity index (χ4n) is 1.32. The Balaban J connectivity index is 3.10. The third-order valence-corrected chi connectivity index (χ3v) is 2.28. The van der Waals surface area contributed by atoms with Gasteiger partial charge in [-0.15, -0.1) is 0 Å². The largest absolute Gasteiger partial charge is 0.508 e. The molecule has 6 heteroatoms. The number of halogens is 1. The smallest absolute Gasteiger partial charge is 0.311 e. The van der Waals surface area contributed by atoms with E-state index < -0.39 is 24.3 Å². The zero-order valence-corrected chi connectivity index (χ0v) is 8.81. The standard InChI is InChI=1S/C10H9ClO5/c11-5-1-2-6(8(12)3-5)7(10(15)16)4-9(13)14/h1-3,7,12H,4H2,(H,13,14)(H,15,16). The predicted molar refractivity (Wildman–Crippen MR) is 55.7 cm³/mol. The van der Waals surface area contributed by atoms with E-state index in [1.165, 1.54) is 18.2 Å². The fraction of sp³-hybridized carbons (Fsp3) is 0.200. The number of carbonyl (C=O) groups is 2. The number of hydrogen-bond acceptors (Lipinski definition) is 3. The molecular formula is C10H9ClO5. The van der Waals surface area contributed by atoms with Crippen LogP contribution in [0, 0.1) is 0 Å².